The third-order valence-electron chi connectivity index (χ3n) is 10.5. The van der Waals surface area contributed by atoms with Gasteiger partial charge in [0.1, 0.15) is 0 Å². The number of ether oxygens (including phenoxy) is 5. The molecule has 3 aliphatic heterocycles. The van der Waals surface area contributed by atoms with Gasteiger partial charge in [0.25, 0.3) is 0 Å². The second kappa shape index (κ2) is 14.5. The number of hydrogen-bond acceptors (Lipinski definition) is 6. The van der Waals surface area contributed by atoms with Crippen molar-refractivity contribution in [1.29, 1.82) is 0 Å². The Hall–Kier alpha value is -1.58. The van der Waals surface area contributed by atoms with E-state index < -0.39 is 13.9 Å². The standard InChI is InChI=1S/C37H56O6Si/c1-27-31(43-44(6,7)36(2,3)4)23-33-32(40-27)24-34-30(41-33)19-20-35(39-26-29-17-12-9-13-18-29)37(5,42-34)21-14-22-38-25-28-15-10-8-11-16-28/h8-13,15-18,27,30-35H,14,19-26H2,1-7H3/t27-,30+,31+,32+,33-,34-,35-,37+/m1/s1. The first-order chi connectivity index (χ1) is 20.9. The normalized spacial score (nSPS) is 32.8. The molecule has 44 heavy (non-hydrogen) atoms. The maximum Gasteiger partial charge on any atom is 0.192 e. The van der Waals surface area contributed by atoms with E-state index in [0.717, 1.165) is 38.5 Å². The van der Waals surface area contributed by atoms with Gasteiger partial charge in [-0.15, -0.1) is 0 Å². The molecule has 0 bridgehead atoms. The molecule has 6 nitrogen and oxygen atoms in total. The molecule has 3 saturated heterocycles. The first kappa shape index (κ1) is 33.8. The summed E-state index contributed by atoms with van der Waals surface area (Å²) < 4.78 is 40.2. The van der Waals surface area contributed by atoms with Crippen molar-refractivity contribution in [2.75, 3.05) is 6.61 Å². The van der Waals surface area contributed by atoms with Crippen LogP contribution in [0.2, 0.25) is 18.1 Å². The lowest BCUT2D eigenvalue weighted by Crippen LogP contribution is -2.58. The summed E-state index contributed by atoms with van der Waals surface area (Å²) in [6.07, 6.45) is 5.40. The van der Waals surface area contributed by atoms with Crippen LogP contribution in [0.25, 0.3) is 0 Å². The van der Waals surface area contributed by atoms with E-state index in [-0.39, 0.29) is 47.8 Å². The fraction of sp³-hybridized carbons (Fsp3) is 0.676. The highest BCUT2D eigenvalue weighted by Crippen LogP contribution is 2.44. The average Bonchev–Trinajstić information content (AvgIpc) is 3.11. The molecule has 8 atom stereocenters. The first-order valence-corrected chi connectivity index (χ1v) is 19.8. The van der Waals surface area contributed by atoms with Crippen molar-refractivity contribution in [3.63, 3.8) is 0 Å². The summed E-state index contributed by atoms with van der Waals surface area (Å²) in [5.41, 5.74) is 1.93. The smallest absolute Gasteiger partial charge is 0.192 e. The Morgan fingerprint density at radius 2 is 1.45 bits per heavy atom. The van der Waals surface area contributed by atoms with Gasteiger partial charge in [-0.05, 0) is 68.8 Å². The second-order valence-electron chi connectivity index (χ2n) is 15.0. The Bertz CT molecular complexity index is 1150. The van der Waals surface area contributed by atoms with Gasteiger partial charge in [0.2, 0.25) is 0 Å². The van der Waals surface area contributed by atoms with E-state index in [4.69, 9.17) is 28.1 Å². The molecule has 0 radical (unpaired) electrons. The highest BCUT2D eigenvalue weighted by atomic mass is 28.4. The van der Waals surface area contributed by atoms with E-state index in [1.807, 2.05) is 12.1 Å². The van der Waals surface area contributed by atoms with Gasteiger partial charge in [-0.25, -0.2) is 0 Å². The molecule has 3 aliphatic rings. The van der Waals surface area contributed by atoms with Crippen molar-refractivity contribution in [3.05, 3.63) is 71.8 Å². The monoisotopic (exact) mass is 624 g/mol. The van der Waals surface area contributed by atoms with Crippen LogP contribution in [0.4, 0.5) is 0 Å². The maximum absolute atomic E-state index is 7.10. The molecule has 3 fully saturated rings. The number of fused-ring (bicyclic) bond motifs is 2. The van der Waals surface area contributed by atoms with Crippen LogP contribution in [-0.4, -0.2) is 63.3 Å². The van der Waals surface area contributed by atoms with Crippen LogP contribution in [-0.2, 0) is 41.3 Å². The molecule has 0 amide bonds. The zero-order chi connectivity index (χ0) is 31.4. The van der Waals surface area contributed by atoms with Crippen LogP contribution in [0.15, 0.2) is 60.7 Å². The molecule has 244 valence electrons. The number of benzene rings is 2. The zero-order valence-corrected chi connectivity index (χ0v) is 29.1. The predicted molar refractivity (Wildman–Crippen MR) is 177 cm³/mol. The molecule has 0 saturated carbocycles. The summed E-state index contributed by atoms with van der Waals surface area (Å²) in [7, 11) is -1.92. The van der Waals surface area contributed by atoms with Gasteiger partial charge in [0, 0.05) is 19.4 Å². The van der Waals surface area contributed by atoms with Gasteiger partial charge in [-0.1, -0.05) is 81.4 Å². The zero-order valence-electron chi connectivity index (χ0n) is 28.1. The minimum atomic E-state index is -1.92. The summed E-state index contributed by atoms with van der Waals surface area (Å²) in [6.45, 7) is 17.8. The Balaban J connectivity index is 1.24. The molecule has 2 aromatic rings. The third kappa shape index (κ3) is 8.41. The topological polar surface area (TPSA) is 55.4 Å². The summed E-state index contributed by atoms with van der Waals surface area (Å²) in [6, 6.07) is 20.8. The lowest BCUT2D eigenvalue weighted by molar-refractivity contribution is -0.262. The second-order valence-corrected chi connectivity index (χ2v) is 19.7. The molecule has 0 N–H and O–H groups in total. The van der Waals surface area contributed by atoms with Crippen LogP contribution in [0.3, 0.4) is 0 Å². The summed E-state index contributed by atoms with van der Waals surface area (Å²) >= 11 is 0. The Kier molecular flexibility index (Phi) is 11.1. The molecule has 0 aliphatic carbocycles. The number of hydrogen-bond donors (Lipinski definition) is 0. The highest BCUT2D eigenvalue weighted by molar-refractivity contribution is 6.74. The third-order valence-corrected chi connectivity index (χ3v) is 15.0. The van der Waals surface area contributed by atoms with Gasteiger partial charge in [-0.3, -0.25) is 0 Å². The van der Waals surface area contributed by atoms with Gasteiger partial charge in [0.05, 0.1) is 61.5 Å². The Labute approximate surface area is 267 Å². The molecule has 2 aromatic carbocycles. The summed E-state index contributed by atoms with van der Waals surface area (Å²) in [4.78, 5) is 0. The number of rotatable bonds is 11. The van der Waals surface area contributed by atoms with Crippen LogP contribution >= 0.6 is 0 Å². The first-order valence-electron chi connectivity index (χ1n) is 16.9. The molecular formula is C37H56O6Si. The molecule has 5 rings (SSSR count). The van der Waals surface area contributed by atoms with Crippen molar-refractivity contribution in [2.24, 2.45) is 0 Å². The van der Waals surface area contributed by atoms with Crippen molar-refractivity contribution < 1.29 is 28.1 Å². The van der Waals surface area contributed by atoms with Gasteiger partial charge in [0.15, 0.2) is 8.32 Å². The summed E-state index contributed by atoms with van der Waals surface area (Å²) in [5.74, 6) is 0. The van der Waals surface area contributed by atoms with Crippen LogP contribution in [0, 0.1) is 0 Å². The SMILES string of the molecule is C[C@H]1O[C@H]2C[C@H]3O[C@@](C)(CCCOCc4ccccc4)[C@H](OCc4ccccc4)CC[C@@H]3O[C@@H]2C[C@@H]1O[Si](C)(C)C(C)(C)C. The van der Waals surface area contributed by atoms with E-state index in [9.17, 15) is 0 Å². The lowest BCUT2D eigenvalue weighted by atomic mass is 9.89. The van der Waals surface area contributed by atoms with Crippen molar-refractivity contribution in [3.8, 4) is 0 Å². The molecular weight excluding hydrogens is 568 g/mol. The average molecular weight is 625 g/mol. The van der Waals surface area contributed by atoms with E-state index in [0.29, 0.717) is 19.8 Å². The Morgan fingerprint density at radius 3 is 2.11 bits per heavy atom. The van der Waals surface area contributed by atoms with E-state index >= 15 is 0 Å². The van der Waals surface area contributed by atoms with Crippen LogP contribution in [0.5, 0.6) is 0 Å². The molecule has 0 aromatic heterocycles. The largest absolute Gasteiger partial charge is 0.411 e. The quantitative estimate of drug-likeness (QED) is 0.185. The molecule has 0 spiro atoms. The van der Waals surface area contributed by atoms with Crippen molar-refractivity contribution in [2.45, 2.75) is 153 Å². The molecule has 3 heterocycles. The van der Waals surface area contributed by atoms with E-state index in [1.54, 1.807) is 0 Å². The van der Waals surface area contributed by atoms with Crippen LogP contribution in [0.1, 0.15) is 84.3 Å². The van der Waals surface area contributed by atoms with Gasteiger partial charge < -0.3 is 28.1 Å². The van der Waals surface area contributed by atoms with Crippen molar-refractivity contribution in [1.82, 2.24) is 0 Å². The predicted octanol–water partition coefficient (Wildman–Crippen LogP) is 8.23. The van der Waals surface area contributed by atoms with Crippen LogP contribution < -0.4 is 0 Å². The van der Waals surface area contributed by atoms with Gasteiger partial charge in [-0.2, -0.15) is 0 Å². The molecule has 0 unspecified atom stereocenters. The fourth-order valence-electron chi connectivity index (χ4n) is 6.73. The minimum absolute atomic E-state index is 0.0192. The van der Waals surface area contributed by atoms with Crippen molar-refractivity contribution >= 4 is 8.32 Å². The maximum atomic E-state index is 7.10. The van der Waals surface area contributed by atoms with E-state index in [1.165, 1.54) is 11.1 Å². The van der Waals surface area contributed by atoms with E-state index in [2.05, 4.69) is 96.2 Å². The molecule has 7 heteroatoms. The highest BCUT2D eigenvalue weighted by Gasteiger charge is 2.51. The lowest BCUT2D eigenvalue weighted by Gasteiger charge is -2.50. The Morgan fingerprint density at radius 1 is 0.818 bits per heavy atom. The van der Waals surface area contributed by atoms with Gasteiger partial charge >= 0.3 is 0 Å². The fourth-order valence-corrected chi connectivity index (χ4v) is 8.12. The minimum Gasteiger partial charge on any atom is -0.411 e. The summed E-state index contributed by atoms with van der Waals surface area (Å²) in [5, 5.41) is 0.156.